The summed E-state index contributed by atoms with van der Waals surface area (Å²) < 4.78 is 11.2. The summed E-state index contributed by atoms with van der Waals surface area (Å²) in [6, 6.07) is 13.6. The number of hydrogen-bond donors (Lipinski definition) is 1. The summed E-state index contributed by atoms with van der Waals surface area (Å²) in [4.78, 5) is 22.9. The van der Waals surface area contributed by atoms with Crippen molar-refractivity contribution in [3.63, 3.8) is 0 Å². The van der Waals surface area contributed by atoms with Crippen molar-refractivity contribution in [3.05, 3.63) is 86.9 Å². The Bertz CT molecular complexity index is 1020. The Hall–Kier alpha value is -3.61. The predicted molar refractivity (Wildman–Crippen MR) is 105 cm³/mol. The van der Waals surface area contributed by atoms with Crippen LogP contribution in [0.15, 0.2) is 52.9 Å². The highest BCUT2D eigenvalue weighted by Crippen LogP contribution is 2.24. The van der Waals surface area contributed by atoms with Crippen LogP contribution in [0.1, 0.15) is 33.0 Å². The molecule has 28 heavy (non-hydrogen) atoms. The number of para-hydroxylation sites is 1. The molecule has 3 aromatic rings. The Labute approximate surface area is 162 Å². The molecule has 1 amide bonds. The molecular formula is C21H20N2O5. The first-order valence-electron chi connectivity index (χ1n) is 8.69. The van der Waals surface area contributed by atoms with Gasteiger partial charge in [-0.25, -0.2) is 0 Å². The minimum atomic E-state index is -0.438. The second kappa shape index (κ2) is 7.96. The van der Waals surface area contributed by atoms with Crippen LogP contribution in [0.3, 0.4) is 0 Å². The fourth-order valence-electron chi connectivity index (χ4n) is 2.84. The van der Waals surface area contributed by atoms with Crippen molar-refractivity contribution in [1.82, 2.24) is 0 Å². The Balaban J connectivity index is 1.65. The first-order valence-corrected chi connectivity index (χ1v) is 8.69. The van der Waals surface area contributed by atoms with E-state index in [9.17, 15) is 14.9 Å². The van der Waals surface area contributed by atoms with Gasteiger partial charge in [-0.05, 0) is 56.2 Å². The SMILES string of the molecule is Cc1cc(OCc2ccc(C(=O)Nc3c(C)cccc3C)o2)ccc1[N+](=O)[O-]. The quantitative estimate of drug-likeness (QED) is 0.482. The normalized spacial score (nSPS) is 10.5. The van der Waals surface area contributed by atoms with Gasteiger partial charge in [0.25, 0.3) is 11.6 Å². The summed E-state index contributed by atoms with van der Waals surface area (Å²) in [5.74, 6) is 0.805. The maximum Gasteiger partial charge on any atom is 0.291 e. The minimum Gasteiger partial charge on any atom is -0.486 e. The molecule has 1 heterocycles. The number of carbonyl (C=O) groups is 1. The van der Waals surface area contributed by atoms with E-state index in [0.717, 1.165) is 16.8 Å². The molecule has 0 radical (unpaired) electrons. The fourth-order valence-corrected chi connectivity index (χ4v) is 2.84. The number of rotatable bonds is 6. The van der Waals surface area contributed by atoms with Crippen LogP contribution < -0.4 is 10.1 Å². The number of nitrogens with zero attached hydrogens (tertiary/aromatic N) is 1. The van der Waals surface area contributed by atoms with Crippen LogP contribution in [-0.4, -0.2) is 10.8 Å². The van der Waals surface area contributed by atoms with E-state index >= 15 is 0 Å². The number of benzene rings is 2. The third-order valence-electron chi connectivity index (χ3n) is 4.35. The molecule has 0 atom stereocenters. The summed E-state index contributed by atoms with van der Waals surface area (Å²) in [5, 5.41) is 13.7. The van der Waals surface area contributed by atoms with Gasteiger partial charge in [0.05, 0.1) is 4.92 Å². The van der Waals surface area contributed by atoms with Crippen LogP contribution in [0, 0.1) is 30.9 Å². The molecule has 7 heteroatoms. The molecule has 1 N–H and O–H groups in total. The standard InChI is InChI=1S/C21H20N2O5/c1-13-5-4-6-14(2)20(13)22-21(24)19-10-8-17(28-19)12-27-16-7-9-18(23(25)26)15(3)11-16/h4-11H,12H2,1-3H3,(H,22,24). The number of nitro benzene ring substituents is 1. The van der Waals surface area contributed by atoms with Crippen molar-refractivity contribution in [2.75, 3.05) is 5.32 Å². The smallest absolute Gasteiger partial charge is 0.291 e. The van der Waals surface area contributed by atoms with Crippen LogP contribution in [0.5, 0.6) is 5.75 Å². The van der Waals surface area contributed by atoms with Crippen LogP contribution >= 0.6 is 0 Å². The number of carbonyl (C=O) groups excluding carboxylic acids is 1. The molecule has 0 saturated carbocycles. The van der Waals surface area contributed by atoms with Gasteiger partial charge in [0.15, 0.2) is 5.76 Å². The Kier molecular flexibility index (Phi) is 5.44. The lowest BCUT2D eigenvalue weighted by molar-refractivity contribution is -0.385. The third-order valence-corrected chi connectivity index (χ3v) is 4.35. The molecule has 0 saturated heterocycles. The van der Waals surface area contributed by atoms with E-state index < -0.39 is 4.92 Å². The molecule has 3 rings (SSSR count). The van der Waals surface area contributed by atoms with Crippen molar-refractivity contribution in [2.24, 2.45) is 0 Å². The van der Waals surface area contributed by atoms with Crippen molar-refractivity contribution in [1.29, 1.82) is 0 Å². The minimum absolute atomic E-state index is 0.0378. The van der Waals surface area contributed by atoms with Gasteiger partial charge in [-0.15, -0.1) is 0 Å². The molecule has 0 fully saturated rings. The van der Waals surface area contributed by atoms with Crippen molar-refractivity contribution in [3.8, 4) is 5.75 Å². The van der Waals surface area contributed by atoms with E-state index in [-0.39, 0.29) is 24.0 Å². The second-order valence-corrected chi connectivity index (χ2v) is 6.48. The van der Waals surface area contributed by atoms with E-state index in [2.05, 4.69) is 5.32 Å². The summed E-state index contributed by atoms with van der Waals surface area (Å²) in [6.07, 6.45) is 0. The van der Waals surface area contributed by atoms with E-state index in [4.69, 9.17) is 9.15 Å². The molecule has 1 aromatic heterocycles. The molecule has 0 aliphatic rings. The average molecular weight is 380 g/mol. The van der Waals surface area contributed by atoms with Gasteiger partial charge in [0.2, 0.25) is 0 Å². The predicted octanol–water partition coefficient (Wildman–Crippen LogP) is 4.94. The number of furan rings is 1. The van der Waals surface area contributed by atoms with Gasteiger partial charge in [-0.1, -0.05) is 18.2 Å². The summed E-state index contributed by atoms with van der Waals surface area (Å²) >= 11 is 0. The number of hydrogen-bond acceptors (Lipinski definition) is 5. The monoisotopic (exact) mass is 380 g/mol. The highest BCUT2D eigenvalue weighted by atomic mass is 16.6. The van der Waals surface area contributed by atoms with Gasteiger partial charge in [-0.2, -0.15) is 0 Å². The van der Waals surface area contributed by atoms with Gasteiger partial charge in [0, 0.05) is 17.3 Å². The van der Waals surface area contributed by atoms with Gasteiger partial charge < -0.3 is 14.5 Å². The van der Waals surface area contributed by atoms with E-state index in [1.165, 1.54) is 12.1 Å². The third kappa shape index (κ3) is 4.20. The van der Waals surface area contributed by atoms with Gasteiger partial charge in [0.1, 0.15) is 18.1 Å². The zero-order valence-corrected chi connectivity index (χ0v) is 15.8. The van der Waals surface area contributed by atoms with Crippen LogP contribution in [0.4, 0.5) is 11.4 Å². The Morgan fingerprint density at radius 2 is 1.79 bits per heavy atom. The molecule has 7 nitrogen and oxygen atoms in total. The number of nitrogens with one attached hydrogen (secondary N) is 1. The highest BCUT2D eigenvalue weighted by Gasteiger charge is 2.15. The molecule has 0 aliphatic carbocycles. The zero-order chi connectivity index (χ0) is 20.3. The van der Waals surface area contributed by atoms with E-state index in [1.807, 2.05) is 32.0 Å². The highest BCUT2D eigenvalue weighted by molar-refractivity contribution is 6.03. The summed E-state index contributed by atoms with van der Waals surface area (Å²) in [7, 11) is 0. The lowest BCUT2D eigenvalue weighted by atomic mass is 10.1. The lowest BCUT2D eigenvalue weighted by Crippen LogP contribution is -2.13. The molecule has 144 valence electrons. The summed E-state index contributed by atoms with van der Waals surface area (Å²) in [5.41, 5.74) is 3.25. The average Bonchev–Trinajstić information content (AvgIpc) is 3.12. The second-order valence-electron chi connectivity index (χ2n) is 6.48. The number of amides is 1. The first kappa shape index (κ1) is 19.2. The van der Waals surface area contributed by atoms with Crippen molar-refractivity contribution in [2.45, 2.75) is 27.4 Å². The van der Waals surface area contributed by atoms with Crippen LogP contribution in [0.2, 0.25) is 0 Å². The molecule has 0 aliphatic heterocycles. The van der Waals surface area contributed by atoms with Crippen molar-refractivity contribution < 1.29 is 18.9 Å². The Morgan fingerprint density at radius 1 is 1.07 bits per heavy atom. The Morgan fingerprint density at radius 3 is 2.43 bits per heavy atom. The van der Waals surface area contributed by atoms with E-state index in [0.29, 0.717) is 17.1 Å². The van der Waals surface area contributed by atoms with Crippen LogP contribution in [0.25, 0.3) is 0 Å². The topological polar surface area (TPSA) is 94.6 Å². The largest absolute Gasteiger partial charge is 0.486 e. The molecule has 2 aromatic carbocycles. The number of anilines is 1. The molecule has 0 unspecified atom stereocenters. The number of ether oxygens (including phenoxy) is 1. The van der Waals surface area contributed by atoms with Gasteiger partial charge in [-0.3, -0.25) is 14.9 Å². The fraction of sp³-hybridized carbons (Fsp3) is 0.190. The number of nitro groups is 1. The maximum absolute atomic E-state index is 12.4. The van der Waals surface area contributed by atoms with Gasteiger partial charge >= 0.3 is 0 Å². The summed E-state index contributed by atoms with van der Waals surface area (Å²) in [6.45, 7) is 5.61. The van der Waals surface area contributed by atoms with Crippen LogP contribution in [-0.2, 0) is 6.61 Å². The lowest BCUT2D eigenvalue weighted by Gasteiger charge is -2.10. The molecule has 0 bridgehead atoms. The zero-order valence-electron chi connectivity index (χ0n) is 15.8. The van der Waals surface area contributed by atoms with Crippen molar-refractivity contribution >= 4 is 17.3 Å². The maximum atomic E-state index is 12.4. The first-order chi connectivity index (χ1) is 13.3. The molecule has 0 spiro atoms. The van der Waals surface area contributed by atoms with E-state index in [1.54, 1.807) is 25.1 Å². The number of aryl methyl sites for hydroxylation is 3. The molecular weight excluding hydrogens is 360 g/mol.